The van der Waals surface area contributed by atoms with Gasteiger partial charge in [-0.3, -0.25) is 4.90 Å². The third kappa shape index (κ3) is 6.00. The molecule has 0 amide bonds. The Hall–Kier alpha value is -0.130. The van der Waals surface area contributed by atoms with E-state index in [4.69, 9.17) is 6.42 Å². The fraction of sp³-hybridized carbons (Fsp3) is 0.750. The summed E-state index contributed by atoms with van der Waals surface area (Å²) in [5.41, 5.74) is 0. The van der Waals surface area contributed by atoms with Crippen molar-refractivity contribution in [1.29, 1.82) is 0 Å². The van der Waals surface area contributed by atoms with E-state index in [0.29, 0.717) is 0 Å². The van der Waals surface area contributed by atoms with Crippen molar-refractivity contribution in [3.63, 3.8) is 0 Å². The molecule has 0 spiro atoms. The Morgan fingerprint density at radius 2 is 2.30 bits per heavy atom. The second-order valence-corrected chi connectivity index (χ2v) is 3.27. The van der Waals surface area contributed by atoms with Crippen LogP contribution in [0.25, 0.3) is 0 Å². The Kier molecular flexibility index (Phi) is 6.89. The quantitative estimate of drug-likeness (QED) is 0.437. The highest BCUT2D eigenvalue weighted by Crippen LogP contribution is 1.96. The van der Waals surface area contributed by atoms with Gasteiger partial charge in [0.05, 0.1) is 6.54 Å². The van der Waals surface area contributed by atoms with Crippen molar-refractivity contribution in [2.75, 3.05) is 32.1 Å². The standard InChI is InChI=1S/C8H15NS/c1-4-6-9(2)7-5-8-10-3/h1H,5-8H2,2-3H3. The van der Waals surface area contributed by atoms with Gasteiger partial charge in [-0.1, -0.05) is 5.92 Å². The van der Waals surface area contributed by atoms with Gasteiger partial charge in [-0.05, 0) is 32.0 Å². The van der Waals surface area contributed by atoms with Crippen molar-refractivity contribution >= 4 is 11.8 Å². The molecule has 10 heavy (non-hydrogen) atoms. The average Bonchev–Trinajstić information content (AvgIpc) is 1.89. The van der Waals surface area contributed by atoms with E-state index in [9.17, 15) is 0 Å². The van der Waals surface area contributed by atoms with Crippen LogP contribution in [0.15, 0.2) is 0 Å². The summed E-state index contributed by atoms with van der Waals surface area (Å²) in [7, 11) is 2.06. The molecule has 0 aliphatic heterocycles. The molecule has 0 bridgehead atoms. The molecule has 1 nitrogen and oxygen atoms in total. The Morgan fingerprint density at radius 1 is 1.60 bits per heavy atom. The molecule has 0 heterocycles. The molecule has 0 atom stereocenters. The molecule has 2 heteroatoms. The first-order chi connectivity index (χ1) is 4.81. The number of rotatable bonds is 5. The lowest BCUT2D eigenvalue weighted by molar-refractivity contribution is 0.378. The highest BCUT2D eigenvalue weighted by molar-refractivity contribution is 7.98. The lowest BCUT2D eigenvalue weighted by Crippen LogP contribution is -2.20. The first-order valence-corrected chi connectivity index (χ1v) is 4.81. The van der Waals surface area contributed by atoms with Crippen molar-refractivity contribution in [2.24, 2.45) is 0 Å². The van der Waals surface area contributed by atoms with E-state index in [-0.39, 0.29) is 0 Å². The monoisotopic (exact) mass is 157 g/mol. The highest BCUT2D eigenvalue weighted by Gasteiger charge is 1.92. The molecule has 0 fully saturated rings. The molecule has 0 unspecified atom stereocenters. The van der Waals surface area contributed by atoms with Crippen molar-refractivity contribution in [3.05, 3.63) is 0 Å². The van der Waals surface area contributed by atoms with Gasteiger partial charge >= 0.3 is 0 Å². The first-order valence-electron chi connectivity index (χ1n) is 3.42. The molecule has 0 aromatic rings. The SMILES string of the molecule is C#CCN(C)CCCSC. The maximum absolute atomic E-state index is 5.14. The van der Waals surface area contributed by atoms with E-state index in [1.165, 1.54) is 12.2 Å². The van der Waals surface area contributed by atoms with Crippen molar-refractivity contribution in [2.45, 2.75) is 6.42 Å². The summed E-state index contributed by atoms with van der Waals surface area (Å²) in [5, 5.41) is 0. The van der Waals surface area contributed by atoms with Crippen LogP contribution in [0.1, 0.15) is 6.42 Å². The second kappa shape index (κ2) is 6.98. The van der Waals surface area contributed by atoms with E-state index in [1.54, 1.807) is 0 Å². The van der Waals surface area contributed by atoms with E-state index in [1.807, 2.05) is 11.8 Å². The largest absolute Gasteiger partial charge is 0.295 e. The van der Waals surface area contributed by atoms with Crippen LogP contribution >= 0.6 is 11.8 Å². The molecule has 0 aromatic carbocycles. The van der Waals surface area contributed by atoms with Crippen LogP contribution in [-0.2, 0) is 0 Å². The van der Waals surface area contributed by atoms with E-state index in [2.05, 4.69) is 24.1 Å². The molecular weight excluding hydrogens is 142 g/mol. The smallest absolute Gasteiger partial charge is 0.0596 e. The molecule has 0 rings (SSSR count). The number of nitrogens with zero attached hydrogens (tertiary/aromatic N) is 1. The number of terminal acetylenes is 1. The normalized spacial score (nSPS) is 9.80. The molecular formula is C8H15NS. The van der Waals surface area contributed by atoms with Crippen LogP contribution in [0, 0.1) is 12.3 Å². The maximum atomic E-state index is 5.14. The van der Waals surface area contributed by atoms with Gasteiger partial charge in [0.25, 0.3) is 0 Å². The fourth-order valence-corrected chi connectivity index (χ4v) is 1.13. The lowest BCUT2D eigenvalue weighted by atomic mass is 10.4. The van der Waals surface area contributed by atoms with Crippen molar-refractivity contribution in [1.82, 2.24) is 4.90 Å². The Labute approximate surface area is 68.2 Å². The number of hydrogen-bond acceptors (Lipinski definition) is 2. The van der Waals surface area contributed by atoms with Gasteiger partial charge in [-0.15, -0.1) is 6.42 Å². The van der Waals surface area contributed by atoms with Crippen LogP contribution in [0.2, 0.25) is 0 Å². The van der Waals surface area contributed by atoms with E-state index < -0.39 is 0 Å². The fourth-order valence-electron chi connectivity index (χ4n) is 0.714. The highest BCUT2D eigenvalue weighted by atomic mass is 32.2. The summed E-state index contributed by atoms with van der Waals surface area (Å²) in [6.07, 6.45) is 8.50. The Morgan fingerprint density at radius 3 is 2.80 bits per heavy atom. The van der Waals surface area contributed by atoms with Crippen molar-refractivity contribution in [3.8, 4) is 12.3 Å². The molecule has 0 aromatic heterocycles. The summed E-state index contributed by atoms with van der Waals surface area (Å²) in [6, 6.07) is 0. The van der Waals surface area contributed by atoms with Gasteiger partial charge < -0.3 is 0 Å². The van der Waals surface area contributed by atoms with Crippen LogP contribution in [-0.4, -0.2) is 37.0 Å². The summed E-state index contributed by atoms with van der Waals surface area (Å²) in [5.74, 6) is 3.84. The summed E-state index contributed by atoms with van der Waals surface area (Å²) in [6.45, 7) is 1.89. The average molecular weight is 157 g/mol. The van der Waals surface area contributed by atoms with Gasteiger partial charge in [0.1, 0.15) is 0 Å². The third-order valence-corrected chi connectivity index (χ3v) is 1.95. The van der Waals surface area contributed by atoms with Crippen LogP contribution in [0.4, 0.5) is 0 Å². The molecule has 0 saturated carbocycles. The summed E-state index contributed by atoms with van der Waals surface area (Å²) in [4.78, 5) is 2.16. The lowest BCUT2D eigenvalue weighted by Gasteiger charge is -2.11. The van der Waals surface area contributed by atoms with E-state index in [0.717, 1.165) is 13.1 Å². The molecule has 58 valence electrons. The summed E-state index contributed by atoms with van der Waals surface area (Å²) < 4.78 is 0. The van der Waals surface area contributed by atoms with Crippen LogP contribution in [0.5, 0.6) is 0 Å². The molecule has 0 aliphatic rings. The molecule has 0 aliphatic carbocycles. The topological polar surface area (TPSA) is 3.24 Å². The molecule has 0 N–H and O–H groups in total. The first kappa shape index (κ1) is 9.87. The van der Waals surface area contributed by atoms with Crippen LogP contribution in [0.3, 0.4) is 0 Å². The zero-order chi connectivity index (χ0) is 7.82. The van der Waals surface area contributed by atoms with Gasteiger partial charge in [-0.2, -0.15) is 11.8 Å². The molecule has 0 saturated heterocycles. The predicted octanol–water partition coefficient (Wildman–Crippen LogP) is 1.30. The zero-order valence-corrected chi connectivity index (χ0v) is 7.58. The minimum absolute atomic E-state index is 0.772. The molecule has 0 radical (unpaired) electrons. The van der Waals surface area contributed by atoms with Crippen molar-refractivity contribution < 1.29 is 0 Å². The minimum atomic E-state index is 0.772. The minimum Gasteiger partial charge on any atom is -0.295 e. The summed E-state index contributed by atoms with van der Waals surface area (Å²) >= 11 is 1.88. The van der Waals surface area contributed by atoms with Crippen LogP contribution < -0.4 is 0 Å². The van der Waals surface area contributed by atoms with E-state index >= 15 is 0 Å². The Bertz CT molecular complexity index is 106. The van der Waals surface area contributed by atoms with Gasteiger partial charge in [0.15, 0.2) is 0 Å². The number of thioether (sulfide) groups is 1. The second-order valence-electron chi connectivity index (χ2n) is 2.29. The zero-order valence-electron chi connectivity index (χ0n) is 6.76. The van der Waals surface area contributed by atoms with Gasteiger partial charge in [-0.25, -0.2) is 0 Å². The maximum Gasteiger partial charge on any atom is 0.0596 e. The Balaban J connectivity index is 3.06. The number of hydrogen-bond donors (Lipinski definition) is 0. The third-order valence-electron chi connectivity index (χ3n) is 1.25. The van der Waals surface area contributed by atoms with Gasteiger partial charge in [0, 0.05) is 0 Å². The predicted molar refractivity (Wildman–Crippen MR) is 49.3 cm³/mol. The van der Waals surface area contributed by atoms with Gasteiger partial charge in [0.2, 0.25) is 0 Å².